The van der Waals surface area contributed by atoms with Gasteiger partial charge in [-0.15, -0.1) is 0 Å². The van der Waals surface area contributed by atoms with Gasteiger partial charge >= 0.3 is 0 Å². The standard InChI is InChI=1S/C31H59N3O3/c1-21(2)24-8-9-25-29-26(20-28(31(24,25)4)37-17-7-14-34)30(3)11-10-23(35-15-5-12-32)18-22(30)19-27(29)36-16-6-13-33/h21-29H,5-20,32-34H2,1-4H3/t22?,23-,24?,25+,26+,27-,28+,29?,30?,31?/m1/s1. The average molecular weight is 522 g/mol. The van der Waals surface area contributed by atoms with Crippen LogP contribution in [-0.2, 0) is 14.2 Å². The van der Waals surface area contributed by atoms with Crippen molar-refractivity contribution in [3.05, 3.63) is 0 Å². The lowest BCUT2D eigenvalue weighted by atomic mass is 9.43. The Balaban J connectivity index is 1.63. The molecule has 0 bridgehead atoms. The predicted molar refractivity (Wildman–Crippen MR) is 151 cm³/mol. The molecule has 4 rings (SSSR count). The molecule has 0 spiro atoms. The van der Waals surface area contributed by atoms with E-state index in [1.54, 1.807) is 0 Å². The van der Waals surface area contributed by atoms with E-state index >= 15 is 0 Å². The first-order valence-electron chi connectivity index (χ1n) is 15.8. The largest absolute Gasteiger partial charge is 0.378 e. The lowest BCUT2D eigenvalue weighted by Gasteiger charge is -2.64. The number of fused-ring (bicyclic) bond motifs is 5. The molecule has 5 unspecified atom stereocenters. The van der Waals surface area contributed by atoms with Crippen molar-refractivity contribution in [1.82, 2.24) is 0 Å². The maximum atomic E-state index is 6.84. The van der Waals surface area contributed by atoms with Gasteiger partial charge < -0.3 is 31.4 Å². The van der Waals surface area contributed by atoms with Crippen molar-refractivity contribution in [3.8, 4) is 0 Å². The molecule has 0 aromatic rings. The lowest BCUT2D eigenvalue weighted by molar-refractivity contribution is -0.227. The van der Waals surface area contributed by atoms with Crippen LogP contribution in [-0.4, -0.2) is 57.8 Å². The molecule has 0 heterocycles. The Hall–Kier alpha value is -0.240. The normalized spacial score (nSPS) is 43.5. The van der Waals surface area contributed by atoms with Gasteiger partial charge in [-0.25, -0.2) is 0 Å². The second-order valence-corrected chi connectivity index (χ2v) is 13.7. The van der Waals surface area contributed by atoms with E-state index in [2.05, 4.69) is 27.7 Å². The van der Waals surface area contributed by atoms with Gasteiger partial charge in [-0.2, -0.15) is 0 Å². The molecule has 4 saturated carbocycles. The number of nitrogens with two attached hydrogens (primary N) is 3. The summed E-state index contributed by atoms with van der Waals surface area (Å²) < 4.78 is 20.0. The predicted octanol–water partition coefficient (Wildman–Crippen LogP) is 4.72. The van der Waals surface area contributed by atoms with E-state index in [4.69, 9.17) is 31.4 Å². The quantitative estimate of drug-likeness (QED) is 0.303. The van der Waals surface area contributed by atoms with Gasteiger partial charge in [0, 0.05) is 25.2 Å². The molecule has 0 radical (unpaired) electrons. The monoisotopic (exact) mass is 521 g/mol. The van der Waals surface area contributed by atoms with E-state index in [1.165, 1.54) is 38.5 Å². The Morgan fingerprint density at radius 1 is 0.757 bits per heavy atom. The van der Waals surface area contributed by atoms with Gasteiger partial charge in [0.05, 0.1) is 18.3 Å². The molecule has 0 aromatic carbocycles. The van der Waals surface area contributed by atoms with Crippen LogP contribution in [0.3, 0.4) is 0 Å². The first-order chi connectivity index (χ1) is 17.8. The second kappa shape index (κ2) is 13.0. The summed E-state index contributed by atoms with van der Waals surface area (Å²) in [5.74, 6) is 3.97. The van der Waals surface area contributed by atoms with Crippen LogP contribution in [0.2, 0.25) is 0 Å². The summed E-state index contributed by atoms with van der Waals surface area (Å²) in [7, 11) is 0. The van der Waals surface area contributed by atoms with Gasteiger partial charge in [-0.3, -0.25) is 0 Å². The van der Waals surface area contributed by atoms with Crippen LogP contribution in [0.1, 0.15) is 91.9 Å². The van der Waals surface area contributed by atoms with Gasteiger partial charge in [0.25, 0.3) is 0 Å². The summed E-state index contributed by atoms with van der Waals surface area (Å²) in [4.78, 5) is 0. The molecule has 0 aliphatic heterocycles. The first-order valence-corrected chi connectivity index (χ1v) is 15.8. The molecule has 4 fully saturated rings. The van der Waals surface area contributed by atoms with Crippen LogP contribution < -0.4 is 17.2 Å². The summed E-state index contributed by atoms with van der Waals surface area (Å²) >= 11 is 0. The van der Waals surface area contributed by atoms with E-state index < -0.39 is 0 Å². The fourth-order valence-electron chi connectivity index (χ4n) is 9.75. The number of hydrogen-bond donors (Lipinski definition) is 3. The summed E-state index contributed by atoms with van der Waals surface area (Å²) in [5.41, 5.74) is 18.0. The molecule has 37 heavy (non-hydrogen) atoms. The maximum absolute atomic E-state index is 6.84. The lowest BCUT2D eigenvalue weighted by Crippen LogP contribution is -2.63. The van der Waals surface area contributed by atoms with Crippen LogP contribution in [0.25, 0.3) is 0 Å². The molecule has 4 aliphatic rings. The molecule has 0 saturated heterocycles. The molecule has 216 valence electrons. The van der Waals surface area contributed by atoms with Crippen LogP contribution in [0.5, 0.6) is 0 Å². The SMILES string of the molecule is CC(C)C1CC[C@H]2C3[C@H](OCCCN)CC4C[C@H](OCCCN)CCC4(C)[C@H]3C[C@H](OCCCN)C12C. The van der Waals surface area contributed by atoms with Crippen molar-refractivity contribution < 1.29 is 14.2 Å². The van der Waals surface area contributed by atoms with Gasteiger partial charge in [-0.05, 0) is 125 Å². The van der Waals surface area contributed by atoms with Crippen molar-refractivity contribution in [2.75, 3.05) is 39.5 Å². The highest BCUT2D eigenvalue weighted by Crippen LogP contribution is 2.69. The average Bonchev–Trinajstić information content (AvgIpc) is 3.23. The first kappa shape index (κ1) is 29.7. The van der Waals surface area contributed by atoms with Crippen LogP contribution >= 0.6 is 0 Å². The Labute approximate surface area is 227 Å². The van der Waals surface area contributed by atoms with Crippen molar-refractivity contribution in [2.45, 2.75) is 110 Å². The number of hydrogen-bond acceptors (Lipinski definition) is 6. The van der Waals surface area contributed by atoms with Crippen LogP contribution in [0, 0.1) is 46.3 Å². The molecule has 0 aromatic heterocycles. The smallest absolute Gasteiger partial charge is 0.0637 e. The highest BCUT2D eigenvalue weighted by Gasteiger charge is 2.66. The van der Waals surface area contributed by atoms with Crippen molar-refractivity contribution in [1.29, 1.82) is 0 Å². The second-order valence-electron chi connectivity index (χ2n) is 13.7. The van der Waals surface area contributed by atoms with Crippen LogP contribution in [0.15, 0.2) is 0 Å². The Morgan fingerprint density at radius 3 is 2.05 bits per heavy atom. The minimum absolute atomic E-state index is 0.213. The molecule has 10 atom stereocenters. The van der Waals surface area contributed by atoms with E-state index in [9.17, 15) is 0 Å². The highest BCUT2D eigenvalue weighted by atomic mass is 16.5. The van der Waals surface area contributed by atoms with Crippen molar-refractivity contribution >= 4 is 0 Å². The van der Waals surface area contributed by atoms with E-state index in [1.807, 2.05) is 0 Å². The van der Waals surface area contributed by atoms with Crippen LogP contribution in [0.4, 0.5) is 0 Å². The van der Waals surface area contributed by atoms with Gasteiger partial charge in [0.1, 0.15) is 0 Å². The Bertz CT molecular complexity index is 707. The molecular formula is C31H59N3O3. The third kappa shape index (κ3) is 5.81. The third-order valence-corrected chi connectivity index (χ3v) is 11.6. The minimum atomic E-state index is 0.213. The fourth-order valence-corrected chi connectivity index (χ4v) is 9.75. The molecule has 6 heteroatoms. The van der Waals surface area contributed by atoms with E-state index in [0.717, 1.165) is 45.5 Å². The van der Waals surface area contributed by atoms with Gasteiger partial charge in [-0.1, -0.05) is 27.7 Å². The Morgan fingerprint density at radius 2 is 1.41 bits per heavy atom. The number of ether oxygens (including phenoxy) is 3. The zero-order chi connectivity index (χ0) is 26.6. The molecule has 6 N–H and O–H groups in total. The highest BCUT2D eigenvalue weighted by molar-refractivity contribution is 5.15. The number of rotatable bonds is 13. The van der Waals surface area contributed by atoms with E-state index in [0.29, 0.717) is 78.9 Å². The van der Waals surface area contributed by atoms with Crippen molar-refractivity contribution in [3.63, 3.8) is 0 Å². The fraction of sp³-hybridized carbons (Fsp3) is 1.00. The zero-order valence-electron chi connectivity index (χ0n) is 24.5. The maximum Gasteiger partial charge on any atom is 0.0637 e. The summed E-state index contributed by atoms with van der Waals surface area (Å²) in [6.45, 7) is 14.6. The topological polar surface area (TPSA) is 106 Å². The molecular weight excluding hydrogens is 462 g/mol. The summed E-state index contributed by atoms with van der Waals surface area (Å²) in [6, 6.07) is 0. The van der Waals surface area contributed by atoms with E-state index in [-0.39, 0.29) is 5.41 Å². The van der Waals surface area contributed by atoms with Gasteiger partial charge in [0.15, 0.2) is 0 Å². The van der Waals surface area contributed by atoms with Gasteiger partial charge in [0.2, 0.25) is 0 Å². The summed E-state index contributed by atoms with van der Waals surface area (Å²) in [5, 5.41) is 0. The minimum Gasteiger partial charge on any atom is -0.378 e. The summed E-state index contributed by atoms with van der Waals surface area (Å²) in [6.07, 6.45) is 12.5. The zero-order valence-corrected chi connectivity index (χ0v) is 24.5. The molecule has 0 amide bonds. The molecule has 6 nitrogen and oxygen atoms in total. The third-order valence-electron chi connectivity index (χ3n) is 11.6. The molecule has 4 aliphatic carbocycles. The Kier molecular flexibility index (Phi) is 10.4. The van der Waals surface area contributed by atoms with Crippen molar-refractivity contribution in [2.24, 2.45) is 63.5 Å².